The highest BCUT2D eigenvalue weighted by Crippen LogP contribution is 2.22. The molecular formula is C19H32N4O. The Morgan fingerprint density at radius 1 is 1.17 bits per heavy atom. The molecule has 1 fully saturated rings. The van der Waals surface area contributed by atoms with Crippen LogP contribution in [0.4, 0.5) is 0 Å². The molecule has 0 saturated carbocycles. The van der Waals surface area contributed by atoms with Crippen molar-refractivity contribution >= 4 is 5.91 Å². The molecule has 1 heterocycles. The Morgan fingerprint density at radius 3 is 2.29 bits per heavy atom. The Morgan fingerprint density at radius 2 is 1.75 bits per heavy atom. The van der Waals surface area contributed by atoms with E-state index < -0.39 is 0 Å². The van der Waals surface area contributed by atoms with E-state index >= 15 is 0 Å². The van der Waals surface area contributed by atoms with Gasteiger partial charge in [-0.25, -0.2) is 0 Å². The van der Waals surface area contributed by atoms with E-state index in [9.17, 15) is 4.79 Å². The molecule has 1 aromatic carbocycles. The average Bonchev–Trinajstić information content (AvgIpc) is 2.62. The van der Waals surface area contributed by atoms with E-state index in [2.05, 4.69) is 36.0 Å². The first-order chi connectivity index (χ1) is 11.5. The number of hydrogen-bond donors (Lipinski definition) is 2. The van der Waals surface area contributed by atoms with Crippen LogP contribution in [-0.2, 0) is 4.79 Å². The van der Waals surface area contributed by atoms with E-state index in [0.717, 1.165) is 44.6 Å². The minimum atomic E-state index is -0.320. The molecule has 5 heteroatoms. The highest BCUT2D eigenvalue weighted by atomic mass is 16.2. The number of benzene rings is 1. The minimum Gasteiger partial charge on any atom is -0.353 e. The largest absolute Gasteiger partial charge is 0.353 e. The van der Waals surface area contributed by atoms with Crippen molar-refractivity contribution in [1.82, 2.24) is 15.1 Å². The lowest BCUT2D eigenvalue weighted by atomic mass is 9.94. The van der Waals surface area contributed by atoms with Gasteiger partial charge in [0.25, 0.3) is 0 Å². The molecule has 0 bridgehead atoms. The fourth-order valence-electron chi connectivity index (χ4n) is 3.10. The van der Waals surface area contributed by atoms with Crippen molar-refractivity contribution < 1.29 is 4.79 Å². The molecule has 24 heavy (non-hydrogen) atoms. The van der Waals surface area contributed by atoms with Crippen LogP contribution in [0, 0.1) is 0 Å². The van der Waals surface area contributed by atoms with Crippen molar-refractivity contribution in [1.29, 1.82) is 0 Å². The molecule has 0 radical (unpaired) electrons. The van der Waals surface area contributed by atoms with E-state index in [1.807, 2.05) is 30.3 Å². The number of amides is 1. The summed E-state index contributed by atoms with van der Waals surface area (Å²) in [6, 6.07) is 9.82. The second-order valence-corrected chi connectivity index (χ2v) is 6.94. The summed E-state index contributed by atoms with van der Waals surface area (Å²) in [5.74, 6) is 0.0579. The van der Waals surface area contributed by atoms with Crippen LogP contribution in [0.5, 0.6) is 0 Å². The van der Waals surface area contributed by atoms with Gasteiger partial charge in [-0.3, -0.25) is 9.69 Å². The van der Waals surface area contributed by atoms with Gasteiger partial charge in [-0.1, -0.05) is 44.2 Å². The average molecular weight is 332 g/mol. The van der Waals surface area contributed by atoms with E-state index in [1.54, 1.807) is 0 Å². The molecule has 1 atom stereocenters. The quantitative estimate of drug-likeness (QED) is 0.796. The van der Waals surface area contributed by atoms with E-state index in [4.69, 9.17) is 5.73 Å². The molecule has 1 aliphatic rings. The monoisotopic (exact) mass is 332 g/mol. The summed E-state index contributed by atoms with van der Waals surface area (Å²) in [6.45, 7) is 8.45. The van der Waals surface area contributed by atoms with Gasteiger partial charge in [0.1, 0.15) is 6.04 Å². The van der Waals surface area contributed by atoms with Gasteiger partial charge in [0.05, 0.1) is 0 Å². The maximum atomic E-state index is 13.0. The number of hydrogen-bond acceptors (Lipinski definition) is 4. The SMILES string of the molecule is CCC(N)(CC)CNC(=O)C(c1ccccc1)N1CCN(C)CC1. The molecule has 1 amide bonds. The smallest absolute Gasteiger partial charge is 0.242 e. The maximum absolute atomic E-state index is 13.0. The molecule has 134 valence electrons. The third kappa shape index (κ3) is 4.79. The lowest BCUT2D eigenvalue weighted by Gasteiger charge is -2.38. The maximum Gasteiger partial charge on any atom is 0.242 e. The third-order valence-electron chi connectivity index (χ3n) is 5.29. The first-order valence-electron chi connectivity index (χ1n) is 9.03. The number of nitrogens with two attached hydrogens (primary N) is 1. The molecule has 1 aromatic rings. The number of piperazine rings is 1. The van der Waals surface area contributed by atoms with Crippen molar-refractivity contribution in [2.24, 2.45) is 5.73 Å². The van der Waals surface area contributed by atoms with Gasteiger partial charge >= 0.3 is 0 Å². The van der Waals surface area contributed by atoms with E-state index in [1.165, 1.54) is 0 Å². The molecular weight excluding hydrogens is 300 g/mol. The normalized spacial score (nSPS) is 18.3. The molecule has 3 N–H and O–H groups in total. The summed E-state index contributed by atoms with van der Waals surface area (Å²) in [6.07, 6.45) is 1.71. The van der Waals surface area contributed by atoms with Crippen molar-refractivity contribution in [2.75, 3.05) is 39.8 Å². The highest BCUT2D eigenvalue weighted by molar-refractivity contribution is 5.83. The first-order valence-corrected chi connectivity index (χ1v) is 9.03. The minimum absolute atomic E-state index is 0.0579. The molecule has 0 aliphatic carbocycles. The number of carbonyl (C=O) groups is 1. The van der Waals surface area contributed by atoms with Crippen molar-refractivity contribution in [2.45, 2.75) is 38.3 Å². The zero-order valence-corrected chi connectivity index (χ0v) is 15.3. The molecule has 0 aromatic heterocycles. The highest BCUT2D eigenvalue weighted by Gasteiger charge is 2.31. The standard InChI is InChI=1S/C19H32N4O/c1-4-19(20,5-2)15-21-18(24)17(16-9-7-6-8-10-16)23-13-11-22(3)12-14-23/h6-10,17H,4-5,11-15,20H2,1-3H3,(H,21,24). The van der Waals surface area contributed by atoms with Crippen LogP contribution in [0.15, 0.2) is 30.3 Å². The molecule has 0 spiro atoms. The second-order valence-electron chi connectivity index (χ2n) is 6.94. The van der Waals surface area contributed by atoms with Gasteiger partial charge in [0, 0.05) is 38.3 Å². The molecule has 5 nitrogen and oxygen atoms in total. The first kappa shape index (κ1) is 18.9. The second kappa shape index (κ2) is 8.60. The van der Waals surface area contributed by atoms with Gasteiger partial charge in [-0.15, -0.1) is 0 Å². The van der Waals surface area contributed by atoms with Crippen LogP contribution in [-0.4, -0.2) is 61.0 Å². The number of carbonyl (C=O) groups excluding carboxylic acids is 1. The number of likely N-dealkylation sites (N-methyl/N-ethyl adjacent to an activating group) is 1. The van der Waals surface area contributed by atoms with Gasteiger partial charge in [0.2, 0.25) is 5.91 Å². The van der Waals surface area contributed by atoms with Gasteiger partial charge in [-0.05, 0) is 25.5 Å². The number of nitrogens with zero attached hydrogens (tertiary/aromatic N) is 2. The molecule has 1 unspecified atom stereocenters. The van der Waals surface area contributed by atoms with Gasteiger partial charge in [-0.2, -0.15) is 0 Å². The summed E-state index contributed by atoms with van der Waals surface area (Å²) in [5, 5.41) is 3.11. The Kier molecular flexibility index (Phi) is 6.78. The van der Waals surface area contributed by atoms with Crippen LogP contribution in [0.1, 0.15) is 38.3 Å². The van der Waals surface area contributed by atoms with E-state index in [-0.39, 0.29) is 17.5 Å². The molecule has 1 aliphatic heterocycles. The third-order valence-corrected chi connectivity index (χ3v) is 5.29. The Hall–Kier alpha value is -1.43. The number of rotatable bonds is 7. The van der Waals surface area contributed by atoms with Crippen LogP contribution in [0.2, 0.25) is 0 Å². The predicted molar refractivity (Wildman–Crippen MR) is 98.8 cm³/mol. The topological polar surface area (TPSA) is 61.6 Å². The van der Waals surface area contributed by atoms with Crippen LogP contribution in [0.3, 0.4) is 0 Å². The molecule has 1 saturated heterocycles. The van der Waals surface area contributed by atoms with Crippen molar-refractivity contribution in [3.8, 4) is 0 Å². The van der Waals surface area contributed by atoms with E-state index in [0.29, 0.717) is 6.54 Å². The van der Waals surface area contributed by atoms with Crippen LogP contribution in [0.25, 0.3) is 0 Å². The fraction of sp³-hybridized carbons (Fsp3) is 0.632. The lowest BCUT2D eigenvalue weighted by molar-refractivity contribution is -0.127. The van der Waals surface area contributed by atoms with Crippen molar-refractivity contribution in [3.05, 3.63) is 35.9 Å². The summed E-state index contributed by atoms with van der Waals surface area (Å²) in [5.41, 5.74) is 7.08. The zero-order valence-electron chi connectivity index (χ0n) is 15.3. The number of nitrogens with one attached hydrogen (secondary N) is 1. The predicted octanol–water partition coefficient (Wildman–Crippen LogP) is 1.61. The fourth-order valence-corrected chi connectivity index (χ4v) is 3.10. The van der Waals surface area contributed by atoms with Gasteiger partial charge in [0.15, 0.2) is 0 Å². The van der Waals surface area contributed by atoms with Crippen LogP contribution < -0.4 is 11.1 Å². The zero-order chi connectivity index (χ0) is 17.6. The van der Waals surface area contributed by atoms with Gasteiger partial charge < -0.3 is 16.0 Å². The molecule has 2 rings (SSSR count). The Bertz CT molecular complexity index is 507. The summed E-state index contributed by atoms with van der Waals surface area (Å²) in [4.78, 5) is 17.6. The summed E-state index contributed by atoms with van der Waals surface area (Å²) < 4.78 is 0. The Labute approximate surface area is 146 Å². The lowest BCUT2D eigenvalue weighted by Crippen LogP contribution is -2.53. The Balaban J connectivity index is 2.12. The summed E-state index contributed by atoms with van der Waals surface area (Å²) in [7, 11) is 2.13. The van der Waals surface area contributed by atoms with Crippen LogP contribution >= 0.6 is 0 Å². The summed E-state index contributed by atoms with van der Waals surface area (Å²) >= 11 is 0. The van der Waals surface area contributed by atoms with Crippen molar-refractivity contribution in [3.63, 3.8) is 0 Å².